The van der Waals surface area contributed by atoms with E-state index in [0.29, 0.717) is 0 Å². The van der Waals surface area contributed by atoms with Crippen LogP contribution in [0.5, 0.6) is 11.5 Å². The van der Waals surface area contributed by atoms with Gasteiger partial charge in [-0.2, -0.15) is 0 Å². The van der Waals surface area contributed by atoms with E-state index in [-0.39, 0.29) is 22.6 Å². The molecule has 2 aromatic carbocycles. The van der Waals surface area contributed by atoms with Crippen molar-refractivity contribution in [3.05, 3.63) is 47.8 Å². The second-order valence-electron chi connectivity index (χ2n) is 3.58. The average Bonchev–Trinajstić information content (AvgIpc) is 2.37. The van der Waals surface area contributed by atoms with E-state index < -0.39 is 17.5 Å². The van der Waals surface area contributed by atoms with Gasteiger partial charge in [-0.25, -0.2) is 13.2 Å². The molecule has 0 unspecified atom stereocenters. The number of halogens is 3. The number of benzene rings is 2. The zero-order chi connectivity index (χ0) is 13.3. The Morgan fingerprint density at radius 1 is 0.944 bits per heavy atom. The first-order valence-electron chi connectivity index (χ1n) is 5.06. The maximum absolute atomic E-state index is 13.6. The lowest BCUT2D eigenvalue weighted by Gasteiger charge is -2.10. The predicted molar refractivity (Wildman–Crippen MR) is 60.0 cm³/mol. The van der Waals surface area contributed by atoms with Crippen LogP contribution in [-0.2, 0) is 0 Å². The normalized spacial score (nSPS) is 10.4. The standard InChI is InChI=1S/C13H9F3O2/c1-18-10-4-2-3-8(13(10)17)7-5-6-9(14)12(16)11(7)15/h2-6,17H,1H3. The van der Waals surface area contributed by atoms with Crippen LogP contribution >= 0.6 is 0 Å². The van der Waals surface area contributed by atoms with Gasteiger partial charge in [-0.3, -0.25) is 0 Å². The summed E-state index contributed by atoms with van der Waals surface area (Å²) >= 11 is 0. The summed E-state index contributed by atoms with van der Waals surface area (Å²) in [4.78, 5) is 0. The molecule has 0 saturated heterocycles. The Balaban J connectivity index is 2.66. The van der Waals surface area contributed by atoms with Gasteiger partial charge in [0.25, 0.3) is 0 Å². The molecule has 94 valence electrons. The Bertz CT molecular complexity index is 597. The first-order chi connectivity index (χ1) is 8.56. The number of phenolic OH excluding ortho intramolecular Hbond substituents is 1. The smallest absolute Gasteiger partial charge is 0.195 e. The third kappa shape index (κ3) is 1.88. The highest BCUT2D eigenvalue weighted by Gasteiger charge is 2.18. The molecule has 1 N–H and O–H groups in total. The topological polar surface area (TPSA) is 29.5 Å². The van der Waals surface area contributed by atoms with Gasteiger partial charge in [0, 0.05) is 11.1 Å². The van der Waals surface area contributed by atoms with E-state index in [4.69, 9.17) is 4.74 Å². The number of methoxy groups -OCH3 is 1. The number of ether oxygens (including phenoxy) is 1. The Morgan fingerprint density at radius 3 is 2.33 bits per heavy atom. The van der Waals surface area contributed by atoms with Crippen LogP contribution in [0.1, 0.15) is 0 Å². The second kappa shape index (κ2) is 4.60. The van der Waals surface area contributed by atoms with Crippen molar-refractivity contribution < 1.29 is 23.0 Å². The summed E-state index contributed by atoms with van der Waals surface area (Å²) in [5.74, 6) is -4.41. The van der Waals surface area contributed by atoms with Gasteiger partial charge in [0.05, 0.1) is 7.11 Å². The quantitative estimate of drug-likeness (QED) is 0.831. The Labute approximate surface area is 101 Å². The molecular weight excluding hydrogens is 245 g/mol. The first-order valence-corrected chi connectivity index (χ1v) is 5.06. The van der Waals surface area contributed by atoms with Gasteiger partial charge in [0.1, 0.15) is 0 Å². The maximum Gasteiger partial charge on any atom is 0.195 e. The fourth-order valence-electron chi connectivity index (χ4n) is 1.64. The summed E-state index contributed by atoms with van der Waals surface area (Å²) in [6.45, 7) is 0. The molecule has 5 heteroatoms. The summed E-state index contributed by atoms with van der Waals surface area (Å²) in [5, 5.41) is 9.82. The number of hydrogen-bond acceptors (Lipinski definition) is 2. The van der Waals surface area contributed by atoms with Crippen LogP contribution in [0.3, 0.4) is 0 Å². The zero-order valence-electron chi connectivity index (χ0n) is 9.38. The second-order valence-corrected chi connectivity index (χ2v) is 3.58. The van der Waals surface area contributed by atoms with Gasteiger partial charge in [0.2, 0.25) is 0 Å². The monoisotopic (exact) mass is 254 g/mol. The number of rotatable bonds is 2. The predicted octanol–water partition coefficient (Wildman–Crippen LogP) is 3.49. The molecular formula is C13H9F3O2. The molecule has 0 spiro atoms. The van der Waals surface area contributed by atoms with Crippen molar-refractivity contribution in [3.63, 3.8) is 0 Å². The lowest BCUT2D eigenvalue weighted by Crippen LogP contribution is -1.95. The molecule has 0 saturated carbocycles. The van der Waals surface area contributed by atoms with Gasteiger partial charge in [-0.15, -0.1) is 0 Å². The van der Waals surface area contributed by atoms with Crippen LogP contribution in [0.15, 0.2) is 30.3 Å². The fraction of sp³-hybridized carbons (Fsp3) is 0.0769. The number of para-hydroxylation sites is 1. The largest absolute Gasteiger partial charge is 0.504 e. The molecule has 0 aliphatic carbocycles. The molecule has 0 bridgehead atoms. The van der Waals surface area contributed by atoms with E-state index in [1.807, 2.05) is 0 Å². The van der Waals surface area contributed by atoms with Crippen LogP contribution in [-0.4, -0.2) is 12.2 Å². The van der Waals surface area contributed by atoms with Gasteiger partial charge < -0.3 is 9.84 Å². The SMILES string of the molecule is COc1cccc(-c2ccc(F)c(F)c2F)c1O. The van der Waals surface area contributed by atoms with Crippen molar-refractivity contribution >= 4 is 0 Å². The van der Waals surface area contributed by atoms with Gasteiger partial charge in [-0.05, 0) is 18.2 Å². The van der Waals surface area contributed by atoms with Crippen molar-refractivity contribution in [2.75, 3.05) is 7.11 Å². The average molecular weight is 254 g/mol. The number of hydrogen-bond donors (Lipinski definition) is 1. The number of aromatic hydroxyl groups is 1. The molecule has 0 amide bonds. The summed E-state index contributed by atoms with van der Waals surface area (Å²) in [6.07, 6.45) is 0. The van der Waals surface area contributed by atoms with Crippen molar-refractivity contribution in [3.8, 4) is 22.6 Å². The van der Waals surface area contributed by atoms with Crippen LogP contribution < -0.4 is 4.74 Å². The van der Waals surface area contributed by atoms with Crippen molar-refractivity contribution in [2.24, 2.45) is 0 Å². The summed E-state index contributed by atoms with van der Waals surface area (Å²) < 4.78 is 44.4. The molecule has 0 fully saturated rings. The fourth-order valence-corrected chi connectivity index (χ4v) is 1.64. The minimum Gasteiger partial charge on any atom is -0.504 e. The van der Waals surface area contributed by atoms with E-state index >= 15 is 0 Å². The highest BCUT2D eigenvalue weighted by atomic mass is 19.2. The molecule has 2 nitrogen and oxygen atoms in total. The van der Waals surface area contributed by atoms with Crippen molar-refractivity contribution in [2.45, 2.75) is 0 Å². The van der Waals surface area contributed by atoms with Crippen molar-refractivity contribution in [1.29, 1.82) is 0 Å². The Morgan fingerprint density at radius 2 is 1.67 bits per heavy atom. The first kappa shape index (κ1) is 12.3. The molecule has 2 aromatic rings. The highest BCUT2D eigenvalue weighted by Crippen LogP contribution is 2.38. The van der Waals surface area contributed by atoms with E-state index in [1.54, 1.807) is 0 Å². The summed E-state index contributed by atoms with van der Waals surface area (Å²) in [5.41, 5.74) is -0.198. The van der Waals surface area contributed by atoms with Crippen molar-refractivity contribution in [1.82, 2.24) is 0 Å². The van der Waals surface area contributed by atoms with Gasteiger partial charge in [0.15, 0.2) is 29.0 Å². The lowest BCUT2D eigenvalue weighted by molar-refractivity contribution is 0.374. The minimum atomic E-state index is -1.57. The lowest BCUT2D eigenvalue weighted by atomic mass is 10.0. The number of phenols is 1. The van der Waals surface area contributed by atoms with Crippen LogP contribution in [0.4, 0.5) is 13.2 Å². The third-order valence-electron chi connectivity index (χ3n) is 2.54. The molecule has 2 rings (SSSR count). The maximum atomic E-state index is 13.6. The molecule has 0 aliphatic heterocycles. The van der Waals surface area contributed by atoms with Crippen LogP contribution in [0, 0.1) is 17.5 Å². The van der Waals surface area contributed by atoms with Gasteiger partial charge >= 0.3 is 0 Å². The van der Waals surface area contributed by atoms with Crippen LogP contribution in [0.25, 0.3) is 11.1 Å². The van der Waals surface area contributed by atoms with E-state index in [9.17, 15) is 18.3 Å². The minimum absolute atomic E-state index is 0.0331. The Hall–Kier alpha value is -2.17. The van der Waals surface area contributed by atoms with Gasteiger partial charge in [-0.1, -0.05) is 12.1 Å². The summed E-state index contributed by atoms with van der Waals surface area (Å²) in [7, 11) is 1.33. The molecule has 0 aliphatic rings. The molecule has 0 heterocycles. The van der Waals surface area contributed by atoms with Crippen LogP contribution in [0.2, 0.25) is 0 Å². The zero-order valence-corrected chi connectivity index (χ0v) is 9.38. The highest BCUT2D eigenvalue weighted by molar-refractivity contribution is 5.73. The molecule has 18 heavy (non-hydrogen) atoms. The summed E-state index contributed by atoms with van der Waals surface area (Å²) in [6, 6.07) is 6.22. The molecule has 0 radical (unpaired) electrons. The third-order valence-corrected chi connectivity index (χ3v) is 2.54. The Kier molecular flexibility index (Phi) is 3.14. The molecule has 0 aromatic heterocycles. The molecule has 0 atom stereocenters. The van der Waals surface area contributed by atoms with E-state index in [0.717, 1.165) is 12.1 Å². The van der Waals surface area contributed by atoms with E-state index in [2.05, 4.69) is 0 Å². The van der Waals surface area contributed by atoms with E-state index in [1.165, 1.54) is 25.3 Å².